The molecule has 2 aromatic carbocycles. The maximum Gasteiger partial charge on any atom is 0.253 e. The molecule has 1 heterocycles. The number of hydrogen-bond acceptors (Lipinski definition) is 7. The van der Waals surface area contributed by atoms with Gasteiger partial charge in [0, 0.05) is 0 Å². The molecule has 3 aromatic rings. The van der Waals surface area contributed by atoms with Gasteiger partial charge in [-0.3, -0.25) is 4.79 Å². The Bertz CT molecular complexity index is 1040. The number of thioether (sulfide) groups is 1. The van der Waals surface area contributed by atoms with E-state index < -0.39 is 0 Å². The van der Waals surface area contributed by atoms with E-state index in [1.54, 1.807) is 30.7 Å². The van der Waals surface area contributed by atoms with Crippen LogP contribution in [0.15, 0.2) is 50.3 Å². The fraction of sp³-hybridized carbons (Fsp3) is 0.286. The minimum atomic E-state index is -0.328. The molecule has 158 valence electrons. The molecule has 0 saturated carbocycles. The Balaban J connectivity index is 1.62. The first-order valence-electron chi connectivity index (χ1n) is 9.26. The van der Waals surface area contributed by atoms with Gasteiger partial charge in [0.15, 0.2) is 15.8 Å². The molecule has 0 bridgehead atoms. The molecule has 30 heavy (non-hydrogen) atoms. The first kappa shape index (κ1) is 22.6. The Morgan fingerprint density at radius 1 is 1.30 bits per heavy atom. The Hall–Kier alpha value is -2.10. The van der Waals surface area contributed by atoms with Crippen LogP contribution >= 0.6 is 39.0 Å². The lowest BCUT2D eigenvalue weighted by molar-refractivity contribution is -0.120. The first-order valence-corrected chi connectivity index (χ1v) is 11.8. The number of para-hydroxylation sites is 1. The van der Waals surface area contributed by atoms with Gasteiger partial charge < -0.3 is 9.47 Å². The van der Waals surface area contributed by atoms with Gasteiger partial charge in [-0.25, -0.2) is 10.4 Å². The SMILES string of the molecule is COc1cc(/C=N\NC(=O)[C@H](C)Sc2nc3ccccc3s2)cc(Br)c1OC(C)C. The van der Waals surface area contributed by atoms with Crippen LogP contribution in [-0.4, -0.2) is 35.6 Å². The zero-order chi connectivity index (χ0) is 21.7. The average molecular weight is 508 g/mol. The third kappa shape index (κ3) is 5.74. The number of nitrogens with one attached hydrogen (secondary N) is 1. The maximum absolute atomic E-state index is 12.4. The zero-order valence-electron chi connectivity index (χ0n) is 17.0. The van der Waals surface area contributed by atoms with Crippen molar-refractivity contribution in [1.82, 2.24) is 10.4 Å². The lowest BCUT2D eigenvalue weighted by atomic mass is 10.2. The molecular formula is C21H22BrN3O3S2. The number of carbonyl (C=O) groups excluding carboxylic acids is 1. The molecule has 1 aromatic heterocycles. The average Bonchev–Trinajstić information content (AvgIpc) is 3.11. The van der Waals surface area contributed by atoms with E-state index in [1.165, 1.54) is 11.8 Å². The Morgan fingerprint density at radius 2 is 2.07 bits per heavy atom. The normalized spacial score (nSPS) is 12.5. The Morgan fingerprint density at radius 3 is 2.77 bits per heavy atom. The third-order valence-corrected chi connectivity index (χ3v) is 6.73. The number of carbonyl (C=O) groups is 1. The third-order valence-electron chi connectivity index (χ3n) is 3.91. The summed E-state index contributed by atoms with van der Waals surface area (Å²) in [6, 6.07) is 11.6. The summed E-state index contributed by atoms with van der Waals surface area (Å²) in [5.74, 6) is 1.03. The van der Waals surface area contributed by atoms with E-state index in [1.807, 2.05) is 51.1 Å². The van der Waals surface area contributed by atoms with E-state index in [0.29, 0.717) is 11.5 Å². The standard InChI is InChI=1S/C21H22BrN3O3S2/c1-12(2)28-19-15(22)9-14(10-17(19)27-4)11-23-25-20(26)13(3)29-21-24-16-7-5-6-8-18(16)30-21/h5-13H,1-4H3,(H,25,26)/b23-11-/t13-/m0/s1. The van der Waals surface area contributed by atoms with E-state index in [0.717, 1.165) is 24.6 Å². The van der Waals surface area contributed by atoms with Crippen molar-refractivity contribution in [2.75, 3.05) is 7.11 Å². The van der Waals surface area contributed by atoms with Crippen LogP contribution in [0.2, 0.25) is 0 Å². The zero-order valence-corrected chi connectivity index (χ0v) is 20.2. The maximum atomic E-state index is 12.4. The molecule has 0 unspecified atom stereocenters. The number of ether oxygens (including phenoxy) is 2. The van der Waals surface area contributed by atoms with E-state index in [2.05, 4.69) is 31.4 Å². The smallest absolute Gasteiger partial charge is 0.253 e. The van der Waals surface area contributed by atoms with Crippen LogP contribution in [-0.2, 0) is 4.79 Å². The summed E-state index contributed by atoms with van der Waals surface area (Å²) < 4.78 is 13.9. The monoisotopic (exact) mass is 507 g/mol. The van der Waals surface area contributed by atoms with Gasteiger partial charge in [0.25, 0.3) is 5.91 Å². The first-order chi connectivity index (χ1) is 14.4. The van der Waals surface area contributed by atoms with Gasteiger partial charge in [0.2, 0.25) is 0 Å². The summed E-state index contributed by atoms with van der Waals surface area (Å²) in [5.41, 5.74) is 4.30. The summed E-state index contributed by atoms with van der Waals surface area (Å²) >= 11 is 6.49. The predicted octanol–water partition coefficient (Wildman–Crippen LogP) is 5.49. The fourth-order valence-corrected chi connectivity index (χ4v) is 5.29. The highest BCUT2D eigenvalue weighted by molar-refractivity contribution is 9.10. The highest BCUT2D eigenvalue weighted by atomic mass is 79.9. The molecule has 0 spiro atoms. The summed E-state index contributed by atoms with van der Waals surface area (Å²) in [6.07, 6.45) is 1.59. The number of halogens is 1. The van der Waals surface area contributed by atoms with Crippen molar-refractivity contribution in [3.8, 4) is 11.5 Å². The number of fused-ring (bicyclic) bond motifs is 1. The van der Waals surface area contributed by atoms with Crippen LogP contribution in [0.4, 0.5) is 0 Å². The Kier molecular flexibility index (Phi) is 7.74. The summed E-state index contributed by atoms with van der Waals surface area (Å²) in [7, 11) is 1.58. The van der Waals surface area contributed by atoms with E-state index in [4.69, 9.17) is 9.47 Å². The molecule has 1 atom stereocenters. The summed E-state index contributed by atoms with van der Waals surface area (Å²) in [5, 5.41) is 3.75. The predicted molar refractivity (Wildman–Crippen MR) is 127 cm³/mol. The van der Waals surface area contributed by atoms with E-state index in [9.17, 15) is 4.79 Å². The van der Waals surface area contributed by atoms with Crippen LogP contribution in [0.5, 0.6) is 11.5 Å². The van der Waals surface area contributed by atoms with Crippen LogP contribution in [0, 0.1) is 0 Å². The molecule has 1 N–H and O–H groups in total. The second kappa shape index (κ2) is 10.3. The largest absolute Gasteiger partial charge is 0.493 e. The number of benzene rings is 2. The number of nitrogens with zero attached hydrogens (tertiary/aromatic N) is 2. The van der Waals surface area contributed by atoms with Crippen molar-refractivity contribution >= 4 is 61.4 Å². The Labute approximate surface area is 192 Å². The quantitative estimate of drug-likeness (QED) is 0.248. The number of methoxy groups -OCH3 is 1. The topological polar surface area (TPSA) is 72.8 Å². The van der Waals surface area contributed by atoms with Gasteiger partial charge in [0.1, 0.15) is 0 Å². The van der Waals surface area contributed by atoms with Crippen molar-refractivity contribution in [2.24, 2.45) is 5.10 Å². The van der Waals surface area contributed by atoms with Crippen LogP contribution < -0.4 is 14.9 Å². The number of aromatic nitrogens is 1. The van der Waals surface area contributed by atoms with E-state index >= 15 is 0 Å². The lowest BCUT2D eigenvalue weighted by Crippen LogP contribution is -2.26. The van der Waals surface area contributed by atoms with Gasteiger partial charge in [-0.1, -0.05) is 23.9 Å². The van der Waals surface area contributed by atoms with Gasteiger partial charge in [0.05, 0.1) is 39.4 Å². The number of amides is 1. The van der Waals surface area contributed by atoms with Gasteiger partial charge in [-0.15, -0.1) is 11.3 Å². The molecule has 3 rings (SSSR count). The molecule has 0 aliphatic heterocycles. The highest BCUT2D eigenvalue weighted by Crippen LogP contribution is 2.37. The molecule has 9 heteroatoms. The summed E-state index contributed by atoms with van der Waals surface area (Å²) in [6.45, 7) is 5.73. The van der Waals surface area contributed by atoms with Crippen LogP contribution in [0.3, 0.4) is 0 Å². The molecule has 0 saturated heterocycles. The van der Waals surface area contributed by atoms with Crippen molar-refractivity contribution in [3.05, 3.63) is 46.4 Å². The van der Waals surface area contributed by atoms with Gasteiger partial charge in [-0.05, 0) is 66.5 Å². The van der Waals surface area contributed by atoms with E-state index in [-0.39, 0.29) is 17.3 Å². The number of rotatable bonds is 8. The molecule has 1 amide bonds. The van der Waals surface area contributed by atoms with Gasteiger partial charge >= 0.3 is 0 Å². The van der Waals surface area contributed by atoms with Crippen molar-refractivity contribution in [3.63, 3.8) is 0 Å². The van der Waals surface area contributed by atoms with Crippen molar-refractivity contribution in [1.29, 1.82) is 0 Å². The minimum absolute atomic E-state index is 0.0171. The highest BCUT2D eigenvalue weighted by Gasteiger charge is 2.17. The van der Waals surface area contributed by atoms with Crippen molar-refractivity contribution < 1.29 is 14.3 Å². The van der Waals surface area contributed by atoms with Gasteiger partial charge in [-0.2, -0.15) is 5.10 Å². The fourth-order valence-electron chi connectivity index (χ4n) is 2.53. The lowest BCUT2D eigenvalue weighted by Gasteiger charge is -2.15. The minimum Gasteiger partial charge on any atom is -0.493 e. The molecule has 0 radical (unpaired) electrons. The molecule has 0 aliphatic rings. The molecule has 0 aliphatic carbocycles. The molecule has 6 nitrogen and oxygen atoms in total. The van der Waals surface area contributed by atoms with Crippen molar-refractivity contribution in [2.45, 2.75) is 36.5 Å². The number of hydrogen-bond donors (Lipinski definition) is 1. The molecular weight excluding hydrogens is 486 g/mol. The second-order valence-electron chi connectivity index (χ2n) is 6.64. The van der Waals surface area contributed by atoms with Crippen LogP contribution in [0.25, 0.3) is 10.2 Å². The summed E-state index contributed by atoms with van der Waals surface area (Å²) in [4.78, 5) is 16.9. The number of hydrazone groups is 1. The van der Waals surface area contributed by atoms with Crippen LogP contribution in [0.1, 0.15) is 26.3 Å². The second-order valence-corrected chi connectivity index (χ2v) is 10.1. The molecule has 0 fully saturated rings. The number of thiazole rings is 1.